The minimum Gasteiger partial charge on any atom is -0.477 e. The molecule has 0 rings (SSSR count). The molecule has 0 bridgehead atoms. The predicted molar refractivity (Wildman–Crippen MR) is 212 cm³/mol. The van der Waals surface area contributed by atoms with Gasteiger partial charge in [0.1, 0.15) is 13.2 Å². The van der Waals surface area contributed by atoms with Crippen molar-refractivity contribution in [1.82, 2.24) is 0 Å². The van der Waals surface area contributed by atoms with E-state index >= 15 is 0 Å². The Balaban J connectivity index is 4.46. The second-order valence-corrected chi connectivity index (χ2v) is 15.3. The molecule has 52 heavy (non-hydrogen) atoms. The molecule has 2 unspecified atom stereocenters. The van der Waals surface area contributed by atoms with Crippen molar-refractivity contribution in [2.45, 2.75) is 187 Å². The molecule has 0 aromatic rings. The van der Waals surface area contributed by atoms with Gasteiger partial charge in [-0.3, -0.25) is 9.59 Å². The van der Waals surface area contributed by atoms with Gasteiger partial charge in [-0.15, -0.1) is 0 Å². The van der Waals surface area contributed by atoms with Crippen molar-refractivity contribution in [3.63, 3.8) is 0 Å². The van der Waals surface area contributed by atoms with E-state index in [1.54, 1.807) is 0 Å². The zero-order valence-corrected chi connectivity index (χ0v) is 34.2. The minimum atomic E-state index is -1.51. The highest BCUT2D eigenvalue weighted by Gasteiger charge is 2.25. The number of ether oxygens (including phenoxy) is 4. The van der Waals surface area contributed by atoms with Crippen LogP contribution < -0.4 is 0 Å². The van der Waals surface area contributed by atoms with E-state index in [0.29, 0.717) is 23.9 Å². The second kappa shape index (κ2) is 35.8. The molecule has 0 fully saturated rings. The van der Waals surface area contributed by atoms with E-state index in [1.807, 2.05) is 21.1 Å². The van der Waals surface area contributed by atoms with Crippen LogP contribution in [0, 0.1) is 0 Å². The first kappa shape index (κ1) is 49.8. The minimum absolute atomic E-state index is 0.186. The van der Waals surface area contributed by atoms with Gasteiger partial charge in [0.2, 0.25) is 0 Å². The molecular weight excluding hydrogens is 658 g/mol. The van der Waals surface area contributed by atoms with Crippen molar-refractivity contribution in [2.24, 2.45) is 0 Å². The number of carboxylic acids is 1. The fraction of sp³-hybridized carbons (Fsp3) is 0.837. The average Bonchev–Trinajstić information content (AvgIpc) is 3.09. The molecule has 0 aliphatic heterocycles. The van der Waals surface area contributed by atoms with E-state index in [9.17, 15) is 19.5 Å². The fourth-order valence-corrected chi connectivity index (χ4v) is 5.60. The molecule has 1 N–H and O–H groups in total. The third kappa shape index (κ3) is 36.1. The lowest BCUT2D eigenvalue weighted by atomic mass is 10.1. The summed E-state index contributed by atoms with van der Waals surface area (Å²) >= 11 is 0. The van der Waals surface area contributed by atoms with Gasteiger partial charge in [-0.25, -0.2) is 4.79 Å². The Morgan fingerprint density at radius 2 is 1.02 bits per heavy atom. The first-order chi connectivity index (χ1) is 25.1. The number of hydrogen-bond donors (Lipinski definition) is 1. The third-order valence-corrected chi connectivity index (χ3v) is 8.91. The summed E-state index contributed by atoms with van der Waals surface area (Å²) in [5, 5.41) is 9.60. The number of carbonyl (C=O) groups excluding carboxylic acids is 2. The quantitative estimate of drug-likeness (QED) is 0.0219. The molecule has 0 saturated heterocycles. The van der Waals surface area contributed by atoms with E-state index in [0.717, 1.165) is 70.6 Å². The van der Waals surface area contributed by atoms with Crippen molar-refractivity contribution >= 4 is 17.9 Å². The van der Waals surface area contributed by atoms with Crippen molar-refractivity contribution in [1.29, 1.82) is 0 Å². The van der Waals surface area contributed by atoms with Gasteiger partial charge in [0.05, 0.1) is 34.4 Å². The van der Waals surface area contributed by atoms with Crippen molar-refractivity contribution in [2.75, 3.05) is 47.5 Å². The number of allylic oxidation sites excluding steroid dienone is 4. The van der Waals surface area contributed by atoms with Crippen LogP contribution in [0.2, 0.25) is 0 Å². The number of carboxylic acid groups (broad SMARTS) is 1. The molecule has 0 aliphatic carbocycles. The van der Waals surface area contributed by atoms with Crippen LogP contribution in [0.5, 0.6) is 0 Å². The summed E-state index contributed by atoms with van der Waals surface area (Å²) in [4.78, 5) is 36.9. The summed E-state index contributed by atoms with van der Waals surface area (Å²) in [7, 11) is 5.94. The van der Waals surface area contributed by atoms with Crippen LogP contribution in [0.4, 0.5) is 0 Å². The second-order valence-electron chi connectivity index (χ2n) is 15.3. The van der Waals surface area contributed by atoms with Crippen LogP contribution in [0.1, 0.15) is 174 Å². The molecule has 0 amide bonds. The maximum Gasteiger partial charge on any atom is 0.361 e. The lowest BCUT2D eigenvalue weighted by Crippen LogP contribution is -2.40. The molecule has 0 aromatic heterocycles. The van der Waals surface area contributed by atoms with E-state index in [2.05, 4.69) is 38.2 Å². The van der Waals surface area contributed by atoms with E-state index < -0.39 is 24.3 Å². The SMILES string of the molecule is CCC/C=C\CCCCCCCC(=O)OCC(COC(OCC[N+](C)(C)C)C(=O)O)OC(=O)CCCCCCCCC/C=C\CCCCCCCC. The molecule has 0 heterocycles. The van der Waals surface area contributed by atoms with Crippen LogP contribution >= 0.6 is 0 Å². The highest BCUT2D eigenvalue weighted by atomic mass is 16.7. The van der Waals surface area contributed by atoms with Crippen LogP contribution in [0.25, 0.3) is 0 Å². The number of unbranched alkanes of at least 4 members (excludes halogenated alkanes) is 19. The number of quaternary nitrogens is 1. The van der Waals surface area contributed by atoms with Crippen LogP contribution in [-0.4, -0.2) is 87.4 Å². The van der Waals surface area contributed by atoms with Crippen molar-refractivity contribution in [3.8, 4) is 0 Å². The Morgan fingerprint density at radius 1 is 0.558 bits per heavy atom. The van der Waals surface area contributed by atoms with Crippen molar-refractivity contribution < 1.29 is 42.9 Å². The molecule has 304 valence electrons. The highest BCUT2D eigenvalue weighted by Crippen LogP contribution is 2.13. The van der Waals surface area contributed by atoms with Gasteiger partial charge in [-0.05, 0) is 57.8 Å². The van der Waals surface area contributed by atoms with Crippen LogP contribution in [0.3, 0.4) is 0 Å². The Bertz CT molecular complexity index is 913. The summed E-state index contributed by atoms with van der Waals surface area (Å²) < 4.78 is 22.6. The molecular formula is C43H80NO8+. The predicted octanol–water partition coefficient (Wildman–Crippen LogP) is 10.5. The summed E-state index contributed by atoms with van der Waals surface area (Å²) in [6.07, 6.45) is 33.8. The number of rotatable bonds is 38. The van der Waals surface area contributed by atoms with E-state index in [4.69, 9.17) is 18.9 Å². The Hall–Kier alpha value is -2.23. The molecule has 9 nitrogen and oxygen atoms in total. The smallest absolute Gasteiger partial charge is 0.361 e. The number of esters is 2. The van der Waals surface area contributed by atoms with E-state index in [-0.39, 0.29) is 32.2 Å². The normalized spacial score (nSPS) is 13.2. The van der Waals surface area contributed by atoms with Gasteiger partial charge in [0.15, 0.2) is 6.10 Å². The highest BCUT2D eigenvalue weighted by molar-refractivity contribution is 5.71. The van der Waals surface area contributed by atoms with Gasteiger partial charge in [-0.1, -0.05) is 128 Å². The number of nitrogens with zero attached hydrogens (tertiary/aromatic N) is 1. The molecule has 0 aliphatic rings. The number of carbonyl (C=O) groups is 3. The monoisotopic (exact) mass is 739 g/mol. The zero-order chi connectivity index (χ0) is 38.5. The van der Waals surface area contributed by atoms with Gasteiger partial charge < -0.3 is 28.5 Å². The number of likely N-dealkylation sites (N-methyl/N-ethyl adjacent to an activating group) is 1. The first-order valence-electron chi connectivity index (χ1n) is 21.0. The number of hydrogen-bond acceptors (Lipinski definition) is 7. The summed E-state index contributed by atoms with van der Waals surface area (Å²) in [5.74, 6) is -2.03. The van der Waals surface area contributed by atoms with Gasteiger partial charge >= 0.3 is 17.9 Å². The van der Waals surface area contributed by atoms with Crippen molar-refractivity contribution in [3.05, 3.63) is 24.3 Å². The van der Waals surface area contributed by atoms with Gasteiger partial charge in [-0.2, -0.15) is 0 Å². The summed E-state index contributed by atoms with van der Waals surface area (Å²) in [6, 6.07) is 0. The molecule has 0 aromatic carbocycles. The maximum atomic E-state index is 12.7. The summed E-state index contributed by atoms with van der Waals surface area (Å²) in [5.41, 5.74) is 0. The number of aliphatic carboxylic acids is 1. The van der Waals surface area contributed by atoms with Crippen LogP contribution in [0.15, 0.2) is 24.3 Å². The maximum absolute atomic E-state index is 12.7. The van der Waals surface area contributed by atoms with Gasteiger partial charge in [0.25, 0.3) is 6.29 Å². The zero-order valence-electron chi connectivity index (χ0n) is 34.2. The molecule has 0 radical (unpaired) electrons. The average molecular weight is 739 g/mol. The molecule has 2 atom stereocenters. The molecule has 0 saturated carbocycles. The summed E-state index contributed by atoms with van der Waals surface area (Å²) in [6.45, 7) is 4.78. The topological polar surface area (TPSA) is 108 Å². The lowest BCUT2D eigenvalue weighted by molar-refractivity contribution is -0.870. The van der Waals surface area contributed by atoms with Crippen LogP contribution in [-0.2, 0) is 33.3 Å². The Labute approximate surface area is 318 Å². The standard InChI is InChI=1S/C43H79NO8/c1-6-8-10-12-14-16-18-19-20-21-22-23-24-26-28-30-32-34-41(46)52-39(38-51-43(42(47)48)49-36-35-44(3,4)5)37-50-40(45)33-31-29-27-25-17-15-13-11-9-7-2/h11,13,19-20,39,43H,6-10,12,14-18,21-38H2,1-5H3/p+1/b13-11-,20-19-. The first-order valence-corrected chi connectivity index (χ1v) is 21.0. The Morgan fingerprint density at radius 3 is 1.50 bits per heavy atom. The van der Waals surface area contributed by atoms with E-state index in [1.165, 1.54) is 70.6 Å². The molecule has 9 heteroatoms. The largest absolute Gasteiger partial charge is 0.477 e. The fourth-order valence-electron chi connectivity index (χ4n) is 5.60. The Kier molecular flexibility index (Phi) is 34.2. The molecule has 0 spiro atoms. The third-order valence-electron chi connectivity index (χ3n) is 8.91. The van der Waals surface area contributed by atoms with Gasteiger partial charge in [0, 0.05) is 12.8 Å². The lowest BCUT2D eigenvalue weighted by Gasteiger charge is -2.25.